The first-order valence-corrected chi connectivity index (χ1v) is 16.4. The maximum Gasteiger partial charge on any atom is 0.223 e. The van der Waals surface area contributed by atoms with Crippen LogP contribution in [0.3, 0.4) is 0 Å². The van der Waals surface area contributed by atoms with E-state index < -0.39 is 0 Å². The quantitative estimate of drug-likeness (QED) is 0.120. The molecule has 1 heterocycles. The van der Waals surface area contributed by atoms with Gasteiger partial charge in [-0.15, -0.1) is 0 Å². The summed E-state index contributed by atoms with van der Waals surface area (Å²) in [7, 11) is 0. The summed E-state index contributed by atoms with van der Waals surface area (Å²) in [4.78, 5) is 35.9. The number of hydrogen-bond acceptors (Lipinski definition) is 5. The SMILES string of the molecule is CCCCCCCCCCCCCC(=O)N(CCCCCNc1nc(C)cc(C)n1)CCCNC(=O)CC(C)C. The normalized spacial score (nSPS) is 11.2. The van der Waals surface area contributed by atoms with Crippen LogP contribution in [0.15, 0.2) is 6.07 Å². The van der Waals surface area contributed by atoms with Crippen molar-refractivity contribution in [3.63, 3.8) is 0 Å². The number of amides is 2. The molecule has 1 rings (SSSR count). The fraction of sp³-hybridized carbons (Fsp3) is 0.818. The van der Waals surface area contributed by atoms with Crippen molar-refractivity contribution < 1.29 is 9.59 Å². The molecule has 0 aliphatic heterocycles. The number of nitrogens with one attached hydrogen (secondary N) is 2. The second kappa shape index (κ2) is 23.5. The Morgan fingerprint density at radius 2 is 1.30 bits per heavy atom. The Morgan fingerprint density at radius 3 is 1.90 bits per heavy atom. The maximum absolute atomic E-state index is 13.1. The van der Waals surface area contributed by atoms with Crippen molar-refractivity contribution in [2.45, 2.75) is 144 Å². The molecular weight excluding hydrogens is 498 g/mol. The fourth-order valence-corrected chi connectivity index (χ4v) is 5.01. The Hall–Kier alpha value is -2.18. The number of nitrogens with zero attached hydrogens (tertiary/aromatic N) is 3. The molecule has 1 aromatic rings. The van der Waals surface area contributed by atoms with Gasteiger partial charge in [-0.05, 0) is 57.9 Å². The number of carbonyl (C=O) groups excluding carboxylic acids is 2. The van der Waals surface area contributed by atoms with Gasteiger partial charge in [0.05, 0.1) is 0 Å². The standard InChI is InChI=1S/C33H61N5O2/c1-6-7-8-9-10-11-12-13-14-15-17-21-32(40)38(25-20-23-34-31(39)26-28(2)3)24-19-16-18-22-35-33-36-29(4)27-30(5)37-33/h27-28H,6-26H2,1-5H3,(H,34,39)(H,35,36,37). The van der Waals surface area contributed by atoms with Crippen LogP contribution in [0.1, 0.15) is 141 Å². The highest BCUT2D eigenvalue weighted by Crippen LogP contribution is 2.13. The molecule has 0 bridgehead atoms. The van der Waals surface area contributed by atoms with Crippen LogP contribution < -0.4 is 10.6 Å². The van der Waals surface area contributed by atoms with E-state index in [4.69, 9.17) is 0 Å². The number of carbonyl (C=O) groups is 2. The molecule has 230 valence electrons. The van der Waals surface area contributed by atoms with Crippen LogP contribution in [0.5, 0.6) is 0 Å². The molecule has 0 aliphatic carbocycles. The number of hydrogen-bond donors (Lipinski definition) is 2. The fourth-order valence-electron chi connectivity index (χ4n) is 5.01. The molecule has 0 atom stereocenters. The molecular formula is C33H61N5O2. The first-order valence-electron chi connectivity index (χ1n) is 16.4. The second-order valence-corrected chi connectivity index (χ2v) is 11.9. The predicted molar refractivity (Wildman–Crippen MR) is 169 cm³/mol. The molecule has 0 saturated carbocycles. The minimum Gasteiger partial charge on any atom is -0.356 e. The average molecular weight is 560 g/mol. The number of unbranched alkanes of at least 4 members (excludes halogenated alkanes) is 12. The van der Waals surface area contributed by atoms with Crippen LogP contribution >= 0.6 is 0 Å². The Labute approximate surface area is 246 Å². The van der Waals surface area contributed by atoms with Crippen molar-refractivity contribution in [3.05, 3.63) is 17.5 Å². The first kappa shape index (κ1) is 35.8. The number of anilines is 1. The number of aromatic nitrogens is 2. The molecule has 0 fully saturated rings. The molecule has 1 aromatic heterocycles. The summed E-state index contributed by atoms with van der Waals surface area (Å²) in [5, 5.41) is 6.33. The number of rotatable bonds is 25. The van der Waals surface area contributed by atoms with Crippen molar-refractivity contribution in [1.29, 1.82) is 0 Å². The van der Waals surface area contributed by atoms with Gasteiger partial charge in [-0.1, -0.05) is 85.0 Å². The topological polar surface area (TPSA) is 87.2 Å². The van der Waals surface area contributed by atoms with Gasteiger partial charge in [-0.3, -0.25) is 9.59 Å². The monoisotopic (exact) mass is 559 g/mol. The van der Waals surface area contributed by atoms with Crippen molar-refractivity contribution in [3.8, 4) is 0 Å². The summed E-state index contributed by atoms with van der Waals surface area (Å²) in [5.41, 5.74) is 1.95. The lowest BCUT2D eigenvalue weighted by Gasteiger charge is -2.23. The Bertz CT molecular complexity index is 779. The van der Waals surface area contributed by atoms with Crippen molar-refractivity contribution in [2.24, 2.45) is 5.92 Å². The molecule has 0 aromatic carbocycles. The molecule has 7 nitrogen and oxygen atoms in total. The van der Waals surface area contributed by atoms with Gasteiger partial charge in [-0.2, -0.15) is 0 Å². The lowest BCUT2D eigenvalue weighted by atomic mass is 10.0. The molecule has 0 aliphatic rings. The Balaban J connectivity index is 2.31. The van der Waals surface area contributed by atoms with E-state index in [1.54, 1.807) is 0 Å². The van der Waals surface area contributed by atoms with Crippen molar-refractivity contribution in [1.82, 2.24) is 20.2 Å². The van der Waals surface area contributed by atoms with Crippen LogP contribution in [0.4, 0.5) is 5.95 Å². The van der Waals surface area contributed by atoms with Crippen LogP contribution in [-0.4, -0.2) is 52.9 Å². The third-order valence-electron chi connectivity index (χ3n) is 7.24. The first-order chi connectivity index (χ1) is 19.3. The van der Waals surface area contributed by atoms with Crippen LogP contribution in [-0.2, 0) is 9.59 Å². The molecule has 2 N–H and O–H groups in total. The van der Waals surface area contributed by atoms with E-state index in [1.165, 1.54) is 57.8 Å². The summed E-state index contributed by atoms with van der Waals surface area (Å²) < 4.78 is 0. The zero-order valence-corrected chi connectivity index (χ0v) is 26.7. The summed E-state index contributed by atoms with van der Waals surface area (Å²) in [6, 6.07) is 1.98. The summed E-state index contributed by atoms with van der Waals surface area (Å²) >= 11 is 0. The van der Waals surface area contributed by atoms with Gasteiger partial charge in [0, 0.05) is 50.4 Å². The van der Waals surface area contributed by atoms with Crippen molar-refractivity contribution in [2.75, 3.05) is 31.5 Å². The second-order valence-electron chi connectivity index (χ2n) is 11.9. The van der Waals surface area contributed by atoms with E-state index in [2.05, 4.69) is 41.4 Å². The van der Waals surface area contributed by atoms with E-state index in [9.17, 15) is 9.59 Å². The van der Waals surface area contributed by atoms with Gasteiger partial charge in [0.1, 0.15) is 0 Å². The van der Waals surface area contributed by atoms with Gasteiger partial charge in [0.2, 0.25) is 17.8 Å². The van der Waals surface area contributed by atoms with E-state index in [1.807, 2.05) is 24.8 Å². The molecule has 0 unspecified atom stereocenters. The predicted octanol–water partition coefficient (Wildman–Crippen LogP) is 7.76. The van der Waals surface area contributed by atoms with Gasteiger partial charge in [0.15, 0.2) is 0 Å². The third-order valence-corrected chi connectivity index (χ3v) is 7.24. The average Bonchev–Trinajstić information content (AvgIpc) is 2.89. The Morgan fingerprint density at radius 1 is 0.750 bits per heavy atom. The lowest BCUT2D eigenvalue weighted by Crippen LogP contribution is -2.35. The Kier molecular flexibility index (Phi) is 21.1. The summed E-state index contributed by atoms with van der Waals surface area (Å²) in [6.45, 7) is 13.3. The van der Waals surface area contributed by atoms with E-state index in [-0.39, 0.29) is 11.8 Å². The highest BCUT2D eigenvalue weighted by molar-refractivity contribution is 5.76. The lowest BCUT2D eigenvalue weighted by molar-refractivity contribution is -0.131. The zero-order chi connectivity index (χ0) is 29.4. The minimum atomic E-state index is 0.106. The maximum atomic E-state index is 13.1. The smallest absolute Gasteiger partial charge is 0.223 e. The summed E-state index contributed by atoms with van der Waals surface area (Å²) in [5.74, 6) is 1.43. The third kappa shape index (κ3) is 19.8. The molecule has 0 spiro atoms. The minimum absolute atomic E-state index is 0.106. The van der Waals surface area contributed by atoms with E-state index >= 15 is 0 Å². The van der Waals surface area contributed by atoms with Crippen LogP contribution in [0.2, 0.25) is 0 Å². The number of aryl methyl sites for hydroxylation is 2. The van der Waals surface area contributed by atoms with E-state index in [0.717, 1.165) is 63.0 Å². The molecule has 0 radical (unpaired) electrons. The summed E-state index contributed by atoms with van der Waals surface area (Å²) in [6.07, 6.45) is 19.2. The molecule has 40 heavy (non-hydrogen) atoms. The van der Waals surface area contributed by atoms with Gasteiger partial charge < -0.3 is 15.5 Å². The van der Waals surface area contributed by atoms with Crippen LogP contribution in [0, 0.1) is 19.8 Å². The van der Waals surface area contributed by atoms with Gasteiger partial charge >= 0.3 is 0 Å². The highest BCUT2D eigenvalue weighted by Gasteiger charge is 2.13. The van der Waals surface area contributed by atoms with Crippen LogP contribution in [0.25, 0.3) is 0 Å². The molecule has 0 saturated heterocycles. The molecule has 2 amide bonds. The van der Waals surface area contributed by atoms with Crippen molar-refractivity contribution >= 4 is 17.8 Å². The van der Waals surface area contributed by atoms with Gasteiger partial charge in [0.25, 0.3) is 0 Å². The van der Waals surface area contributed by atoms with Gasteiger partial charge in [-0.25, -0.2) is 9.97 Å². The highest BCUT2D eigenvalue weighted by atomic mass is 16.2. The van der Waals surface area contributed by atoms with E-state index in [0.29, 0.717) is 37.8 Å². The zero-order valence-electron chi connectivity index (χ0n) is 26.7. The largest absolute Gasteiger partial charge is 0.356 e. The molecule has 7 heteroatoms.